The summed E-state index contributed by atoms with van der Waals surface area (Å²) in [6, 6.07) is 12.4. The third-order valence-electron chi connectivity index (χ3n) is 4.90. The molecule has 1 aliphatic heterocycles. The lowest BCUT2D eigenvalue weighted by Crippen LogP contribution is -2.41. The lowest BCUT2D eigenvalue weighted by Gasteiger charge is -2.31. The number of hydrogen-bond donors (Lipinski definition) is 1. The van der Waals surface area contributed by atoms with Crippen LogP contribution in [0.25, 0.3) is 0 Å². The van der Waals surface area contributed by atoms with Crippen LogP contribution in [0.5, 0.6) is 0 Å². The van der Waals surface area contributed by atoms with Gasteiger partial charge in [-0.25, -0.2) is 8.42 Å². The molecule has 1 heterocycles. The summed E-state index contributed by atoms with van der Waals surface area (Å²) in [5, 5.41) is 3.33. The number of anilines is 1. The van der Waals surface area contributed by atoms with Crippen LogP contribution in [-0.4, -0.2) is 31.7 Å². The SMILES string of the molecule is Cc1ccc(S(=O)(=O)N2CCC(C(=O)Nc3ccccc3Cl)CC2)c(C)c1. The van der Waals surface area contributed by atoms with Crippen molar-refractivity contribution < 1.29 is 13.2 Å². The number of para-hydroxylation sites is 1. The molecule has 1 fully saturated rings. The summed E-state index contributed by atoms with van der Waals surface area (Å²) in [4.78, 5) is 12.8. The number of amides is 1. The highest BCUT2D eigenvalue weighted by Gasteiger charge is 2.32. The molecule has 3 rings (SSSR count). The van der Waals surface area contributed by atoms with Gasteiger partial charge in [0.05, 0.1) is 15.6 Å². The predicted octanol–water partition coefficient (Wildman–Crippen LogP) is 4.00. The number of nitrogens with zero attached hydrogens (tertiary/aromatic N) is 1. The first kappa shape index (κ1) is 19.9. The molecule has 144 valence electrons. The Hall–Kier alpha value is -1.89. The van der Waals surface area contributed by atoms with Crippen LogP contribution in [-0.2, 0) is 14.8 Å². The van der Waals surface area contributed by atoms with Gasteiger partial charge in [-0.15, -0.1) is 0 Å². The van der Waals surface area contributed by atoms with Crippen LogP contribution in [0.2, 0.25) is 5.02 Å². The lowest BCUT2D eigenvalue weighted by molar-refractivity contribution is -0.120. The number of hydrogen-bond acceptors (Lipinski definition) is 3. The highest BCUT2D eigenvalue weighted by atomic mass is 35.5. The van der Waals surface area contributed by atoms with Crippen molar-refractivity contribution in [3.8, 4) is 0 Å². The highest BCUT2D eigenvalue weighted by Crippen LogP contribution is 2.28. The van der Waals surface area contributed by atoms with Crippen molar-refractivity contribution in [1.29, 1.82) is 0 Å². The fourth-order valence-corrected chi connectivity index (χ4v) is 5.24. The molecule has 0 aliphatic carbocycles. The van der Waals surface area contributed by atoms with Crippen molar-refractivity contribution in [2.24, 2.45) is 5.92 Å². The number of aryl methyl sites for hydroxylation is 2. The maximum Gasteiger partial charge on any atom is 0.243 e. The van der Waals surface area contributed by atoms with Crippen molar-refractivity contribution in [2.45, 2.75) is 31.6 Å². The van der Waals surface area contributed by atoms with E-state index in [9.17, 15) is 13.2 Å². The Kier molecular flexibility index (Phi) is 5.89. The Labute approximate surface area is 165 Å². The van der Waals surface area contributed by atoms with Crippen LogP contribution in [0.3, 0.4) is 0 Å². The second kappa shape index (κ2) is 8.00. The maximum absolute atomic E-state index is 12.9. The van der Waals surface area contributed by atoms with E-state index in [-0.39, 0.29) is 11.8 Å². The number of nitrogens with one attached hydrogen (secondary N) is 1. The number of piperidine rings is 1. The predicted molar refractivity (Wildman–Crippen MR) is 107 cm³/mol. The van der Waals surface area contributed by atoms with Gasteiger partial charge in [0.25, 0.3) is 0 Å². The van der Waals surface area contributed by atoms with Crippen LogP contribution >= 0.6 is 11.6 Å². The minimum atomic E-state index is -3.54. The van der Waals surface area contributed by atoms with E-state index in [4.69, 9.17) is 11.6 Å². The smallest absolute Gasteiger partial charge is 0.243 e. The summed E-state index contributed by atoms with van der Waals surface area (Å²) >= 11 is 6.08. The van der Waals surface area contributed by atoms with Crippen molar-refractivity contribution in [2.75, 3.05) is 18.4 Å². The van der Waals surface area contributed by atoms with E-state index in [1.54, 1.807) is 30.3 Å². The van der Waals surface area contributed by atoms with Gasteiger partial charge < -0.3 is 5.32 Å². The molecule has 0 saturated carbocycles. The molecule has 27 heavy (non-hydrogen) atoms. The third-order valence-corrected chi connectivity index (χ3v) is 7.29. The number of carbonyl (C=O) groups is 1. The Morgan fingerprint density at radius 3 is 2.41 bits per heavy atom. The topological polar surface area (TPSA) is 66.5 Å². The van der Waals surface area contributed by atoms with Gasteiger partial charge in [-0.3, -0.25) is 4.79 Å². The Morgan fingerprint density at radius 2 is 1.78 bits per heavy atom. The van der Waals surface area contributed by atoms with Gasteiger partial charge >= 0.3 is 0 Å². The molecule has 2 aromatic rings. The molecule has 0 unspecified atom stereocenters. The summed E-state index contributed by atoms with van der Waals surface area (Å²) in [5.41, 5.74) is 2.35. The summed E-state index contributed by atoms with van der Waals surface area (Å²) in [6.45, 7) is 4.41. The third kappa shape index (κ3) is 4.34. The number of halogens is 1. The van der Waals surface area contributed by atoms with Crippen LogP contribution in [0.15, 0.2) is 47.4 Å². The van der Waals surface area contributed by atoms with Gasteiger partial charge in [0.1, 0.15) is 0 Å². The molecule has 2 aromatic carbocycles. The van der Waals surface area contributed by atoms with Crippen molar-refractivity contribution in [3.63, 3.8) is 0 Å². The van der Waals surface area contributed by atoms with Crippen LogP contribution in [0.4, 0.5) is 5.69 Å². The zero-order chi connectivity index (χ0) is 19.6. The standard InChI is InChI=1S/C20H23ClN2O3S/c1-14-7-8-19(15(2)13-14)27(25,26)23-11-9-16(10-12-23)20(24)22-18-6-4-3-5-17(18)21/h3-8,13,16H,9-12H2,1-2H3,(H,22,24). The van der Waals surface area contributed by atoms with E-state index in [0.29, 0.717) is 41.5 Å². The summed E-state index contributed by atoms with van der Waals surface area (Å²) in [7, 11) is -3.54. The average Bonchev–Trinajstić information content (AvgIpc) is 2.63. The number of rotatable bonds is 4. The second-order valence-corrected chi connectivity index (χ2v) is 9.23. The molecule has 1 saturated heterocycles. The van der Waals surface area contributed by atoms with Gasteiger partial charge in [0.15, 0.2) is 0 Å². The zero-order valence-electron chi connectivity index (χ0n) is 15.4. The van der Waals surface area contributed by atoms with E-state index in [2.05, 4.69) is 5.32 Å². The molecular weight excluding hydrogens is 384 g/mol. The molecule has 0 spiro atoms. The van der Waals surface area contributed by atoms with Crippen molar-refractivity contribution in [1.82, 2.24) is 4.31 Å². The molecular formula is C20H23ClN2O3S. The molecule has 5 nitrogen and oxygen atoms in total. The normalized spacial score (nSPS) is 16.3. The van der Waals surface area contributed by atoms with E-state index >= 15 is 0 Å². The number of carbonyl (C=O) groups excluding carboxylic acids is 1. The molecule has 0 bridgehead atoms. The van der Waals surface area contributed by atoms with E-state index in [0.717, 1.165) is 11.1 Å². The van der Waals surface area contributed by atoms with E-state index in [1.807, 2.05) is 26.0 Å². The maximum atomic E-state index is 12.9. The van der Waals surface area contributed by atoms with Gasteiger partial charge in [-0.2, -0.15) is 4.31 Å². The first-order chi connectivity index (χ1) is 12.8. The van der Waals surface area contributed by atoms with Gasteiger partial charge in [0, 0.05) is 19.0 Å². The van der Waals surface area contributed by atoms with Gasteiger partial charge in [-0.05, 0) is 50.5 Å². The molecule has 1 aliphatic rings. The molecule has 7 heteroatoms. The van der Waals surface area contributed by atoms with Crippen LogP contribution in [0, 0.1) is 19.8 Å². The number of benzene rings is 2. The lowest BCUT2D eigenvalue weighted by atomic mass is 9.97. The van der Waals surface area contributed by atoms with E-state index in [1.165, 1.54) is 4.31 Å². The van der Waals surface area contributed by atoms with Crippen molar-refractivity contribution >= 4 is 33.2 Å². The monoisotopic (exact) mass is 406 g/mol. The minimum Gasteiger partial charge on any atom is -0.325 e. The highest BCUT2D eigenvalue weighted by molar-refractivity contribution is 7.89. The van der Waals surface area contributed by atoms with Crippen molar-refractivity contribution in [3.05, 3.63) is 58.6 Å². The molecule has 0 radical (unpaired) electrons. The van der Waals surface area contributed by atoms with Crippen LogP contribution < -0.4 is 5.32 Å². The van der Waals surface area contributed by atoms with Crippen LogP contribution in [0.1, 0.15) is 24.0 Å². The molecule has 1 N–H and O–H groups in total. The molecule has 0 aromatic heterocycles. The second-order valence-electron chi connectivity index (χ2n) is 6.92. The average molecular weight is 407 g/mol. The Morgan fingerprint density at radius 1 is 1.11 bits per heavy atom. The van der Waals surface area contributed by atoms with E-state index < -0.39 is 10.0 Å². The zero-order valence-corrected chi connectivity index (χ0v) is 17.0. The Bertz CT molecular complexity index is 951. The quantitative estimate of drug-likeness (QED) is 0.834. The van der Waals surface area contributed by atoms with Gasteiger partial charge in [0.2, 0.25) is 15.9 Å². The summed E-state index contributed by atoms with van der Waals surface area (Å²) < 4.78 is 27.4. The first-order valence-electron chi connectivity index (χ1n) is 8.92. The Balaban J connectivity index is 1.66. The minimum absolute atomic E-state index is 0.119. The molecule has 0 atom stereocenters. The van der Waals surface area contributed by atoms with Gasteiger partial charge in [-0.1, -0.05) is 41.4 Å². The molecule has 1 amide bonds. The number of sulfonamides is 1. The fraction of sp³-hybridized carbons (Fsp3) is 0.350. The summed E-state index contributed by atoms with van der Waals surface area (Å²) in [5.74, 6) is -0.349. The summed E-state index contributed by atoms with van der Waals surface area (Å²) in [6.07, 6.45) is 0.973. The largest absolute Gasteiger partial charge is 0.325 e. The fourth-order valence-electron chi connectivity index (χ4n) is 3.38. The first-order valence-corrected chi connectivity index (χ1v) is 10.7.